The van der Waals surface area contributed by atoms with Crippen LogP contribution in [-0.2, 0) is 16.1 Å². The van der Waals surface area contributed by atoms with Crippen molar-refractivity contribution in [2.45, 2.75) is 39.2 Å². The molecule has 1 aliphatic carbocycles. The third kappa shape index (κ3) is 5.70. The van der Waals surface area contributed by atoms with Crippen LogP contribution >= 0.6 is 23.2 Å². The van der Waals surface area contributed by atoms with Crippen LogP contribution in [0, 0.1) is 5.92 Å². The molecule has 0 spiro atoms. The molecule has 0 saturated heterocycles. The van der Waals surface area contributed by atoms with Gasteiger partial charge in [-0.25, -0.2) is 0 Å². The maximum atomic E-state index is 12.3. The molecule has 0 radical (unpaired) electrons. The van der Waals surface area contributed by atoms with Gasteiger partial charge in [-0.1, -0.05) is 29.3 Å². The van der Waals surface area contributed by atoms with E-state index >= 15 is 0 Å². The van der Waals surface area contributed by atoms with Gasteiger partial charge in [-0.2, -0.15) is 0 Å². The van der Waals surface area contributed by atoms with Crippen LogP contribution in [0.25, 0.3) is 0 Å². The van der Waals surface area contributed by atoms with Gasteiger partial charge in [0.05, 0.1) is 10.0 Å². The lowest BCUT2D eigenvalue weighted by Gasteiger charge is -2.21. The molecule has 6 heteroatoms. The molecule has 0 unspecified atom stereocenters. The molecule has 0 aromatic heterocycles. The van der Waals surface area contributed by atoms with Crippen molar-refractivity contribution in [1.29, 1.82) is 0 Å². The molecule has 1 aromatic carbocycles. The minimum Gasteiger partial charge on any atom is -0.356 e. The largest absolute Gasteiger partial charge is 0.356 e. The van der Waals surface area contributed by atoms with Crippen molar-refractivity contribution in [2.75, 3.05) is 13.1 Å². The second-order valence-corrected chi connectivity index (χ2v) is 6.64. The fourth-order valence-corrected chi connectivity index (χ4v) is 2.65. The molecule has 4 nitrogen and oxygen atoms in total. The highest BCUT2D eigenvalue weighted by Gasteiger charge is 2.29. The lowest BCUT2D eigenvalue weighted by atomic mass is 10.2. The molecular weight excluding hydrogens is 335 g/mol. The molecule has 126 valence electrons. The van der Waals surface area contributed by atoms with E-state index in [4.69, 9.17) is 23.2 Å². The number of amides is 2. The van der Waals surface area contributed by atoms with E-state index < -0.39 is 0 Å². The Balaban J connectivity index is 1.75. The Morgan fingerprint density at radius 1 is 1.26 bits per heavy atom. The number of rotatable bonds is 8. The minimum absolute atomic E-state index is 0.0826. The summed E-state index contributed by atoms with van der Waals surface area (Å²) in [6, 6.07) is 5.40. The van der Waals surface area contributed by atoms with Crippen LogP contribution < -0.4 is 5.32 Å². The van der Waals surface area contributed by atoms with Crippen LogP contribution in [0.2, 0.25) is 10.0 Å². The van der Waals surface area contributed by atoms with Gasteiger partial charge in [0.25, 0.3) is 0 Å². The van der Waals surface area contributed by atoms with Gasteiger partial charge in [0.15, 0.2) is 0 Å². The SMILES string of the molecule is CCN(Cc1ccc(Cl)c(Cl)c1)C(=O)CCCNC(=O)C1CC1. The summed E-state index contributed by atoms with van der Waals surface area (Å²) in [7, 11) is 0. The third-order valence-corrected chi connectivity index (χ3v) is 4.65. The van der Waals surface area contributed by atoms with Gasteiger partial charge in [0, 0.05) is 32.0 Å². The summed E-state index contributed by atoms with van der Waals surface area (Å²) in [5.41, 5.74) is 0.955. The van der Waals surface area contributed by atoms with Crippen LogP contribution in [0.5, 0.6) is 0 Å². The molecule has 2 amide bonds. The standard InChI is InChI=1S/C17H22Cl2N2O2/c1-2-21(11-12-5-8-14(18)15(19)10-12)16(22)4-3-9-20-17(23)13-6-7-13/h5,8,10,13H,2-4,6-7,9,11H2,1H3,(H,20,23). The monoisotopic (exact) mass is 356 g/mol. The van der Waals surface area contributed by atoms with E-state index in [1.807, 2.05) is 13.0 Å². The molecule has 0 bridgehead atoms. The Kier molecular flexibility index (Phi) is 6.72. The smallest absolute Gasteiger partial charge is 0.223 e. The van der Waals surface area contributed by atoms with Crippen LogP contribution in [-0.4, -0.2) is 29.8 Å². The molecule has 2 rings (SSSR count). The van der Waals surface area contributed by atoms with Crippen LogP contribution in [0.1, 0.15) is 38.2 Å². The molecular formula is C17H22Cl2N2O2. The summed E-state index contributed by atoms with van der Waals surface area (Å²) in [5, 5.41) is 3.88. The van der Waals surface area contributed by atoms with E-state index in [1.54, 1.807) is 17.0 Å². The highest BCUT2D eigenvalue weighted by molar-refractivity contribution is 6.42. The predicted molar refractivity (Wildman–Crippen MR) is 92.5 cm³/mol. The lowest BCUT2D eigenvalue weighted by molar-refractivity contribution is -0.132. The number of hydrogen-bond acceptors (Lipinski definition) is 2. The summed E-state index contributed by atoms with van der Waals surface area (Å²) in [5.74, 6) is 0.423. The summed E-state index contributed by atoms with van der Waals surface area (Å²) in [6.07, 6.45) is 3.09. The van der Waals surface area contributed by atoms with E-state index in [-0.39, 0.29) is 17.7 Å². The van der Waals surface area contributed by atoms with Gasteiger partial charge >= 0.3 is 0 Å². The summed E-state index contributed by atoms with van der Waals surface area (Å²) >= 11 is 11.9. The molecule has 1 fully saturated rings. The normalized spacial score (nSPS) is 13.7. The minimum atomic E-state index is 0.0826. The number of carbonyl (C=O) groups excluding carboxylic acids is 2. The zero-order chi connectivity index (χ0) is 16.8. The molecule has 1 aliphatic rings. The Morgan fingerprint density at radius 3 is 2.61 bits per heavy atom. The first-order chi connectivity index (χ1) is 11.0. The predicted octanol–water partition coefficient (Wildman–Crippen LogP) is 3.65. The molecule has 0 heterocycles. The number of benzene rings is 1. The first-order valence-corrected chi connectivity index (χ1v) is 8.76. The molecule has 1 N–H and O–H groups in total. The molecule has 0 aliphatic heterocycles. The lowest BCUT2D eigenvalue weighted by Crippen LogP contribution is -2.31. The van der Waals surface area contributed by atoms with E-state index in [2.05, 4.69) is 5.32 Å². The van der Waals surface area contributed by atoms with Crippen molar-refractivity contribution >= 4 is 35.0 Å². The van der Waals surface area contributed by atoms with Crippen LogP contribution in [0.3, 0.4) is 0 Å². The van der Waals surface area contributed by atoms with Crippen molar-refractivity contribution < 1.29 is 9.59 Å². The molecule has 23 heavy (non-hydrogen) atoms. The number of nitrogens with zero attached hydrogens (tertiary/aromatic N) is 1. The second kappa shape index (κ2) is 8.55. The van der Waals surface area contributed by atoms with Gasteiger partial charge in [-0.15, -0.1) is 0 Å². The Labute approximate surface area is 147 Å². The van der Waals surface area contributed by atoms with E-state index in [0.29, 0.717) is 42.5 Å². The third-order valence-electron chi connectivity index (χ3n) is 3.91. The van der Waals surface area contributed by atoms with Crippen molar-refractivity contribution in [3.8, 4) is 0 Å². The fourth-order valence-electron chi connectivity index (χ4n) is 2.33. The van der Waals surface area contributed by atoms with E-state index in [0.717, 1.165) is 18.4 Å². The molecule has 0 atom stereocenters. The first-order valence-electron chi connectivity index (χ1n) is 8.00. The zero-order valence-corrected chi connectivity index (χ0v) is 14.8. The zero-order valence-electron chi connectivity index (χ0n) is 13.3. The first kappa shape index (κ1) is 18.1. The molecule has 1 saturated carbocycles. The van der Waals surface area contributed by atoms with E-state index in [1.165, 1.54) is 0 Å². The van der Waals surface area contributed by atoms with Gasteiger partial charge in [0.2, 0.25) is 11.8 Å². The fraction of sp³-hybridized carbons (Fsp3) is 0.529. The van der Waals surface area contributed by atoms with Gasteiger partial charge in [-0.3, -0.25) is 9.59 Å². The number of hydrogen-bond donors (Lipinski definition) is 1. The van der Waals surface area contributed by atoms with Crippen LogP contribution in [0.4, 0.5) is 0 Å². The summed E-state index contributed by atoms with van der Waals surface area (Å²) in [6.45, 7) is 3.66. The average Bonchev–Trinajstić information content (AvgIpc) is 3.37. The summed E-state index contributed by atoms with van der Waals surface area (Å²) in [4.78, 5) is 25.6. The number of halogens is 2. The van der Waals surface area contributed by atoms with Crippen LogP contribution in [0.15, 0.2) is 18.2 Å². The Hall–Kier alpha value is -1.26. The van der Waals surface area contributed by atoms with E-state index in [9.17, 15) is 9.59 Å². The van der Waals surface area contributed by atoms with Crippen molar-refractivity contribution in [3.05, 3.63) is 33.8 Å². The Bertz CT molecular complexity index is 574. The van der Waals surface area contributed by atoms with Crippen molar-refractivity contribution in [1.82, 2.24) is 10.2 Å². The maximum Gasteiger partial charge on any atom is 0.223 e. The quantitative estimate of drug-likeness (QED) is 0.722. The second-order valence-electron chi connectivity index (χ2n) is 5.83. The van der Waals surface area contributed by atoms with Crippen molar-refractivity contribution in [3.63, 3.8) is 0 Å². The topological polar surface area (TPSA) is 49.4 Å². The number of nitrogens with one attached hydrogen (secondary N) is 1. The van der Waals surface area contributed by atoms with Gasteiger partial charge in [0.1, 0.15) is 0 Å². The maximum absolute atomic E-state index is 12.3. The highest BCUT2D eigenvalue weighted by Crippen LogP contribution is 2.28. The van der Waals surface area contributed by atoms with Crippen molar-refractivity contribution in [2.24, 2.45) is 5.92 Å². The summed E-state index contributed by atoms with van der Waals surface area (Å²) < 4.78 is 0. The van der Waals surface area contributed by atoms with Gasteiger partial charge in [-0.05, 0) is 43.9 Å². The van der Waals surface area contributed by atoms with Gasteiger partial charge < -0.3 is 10.2 Å². The average molecular weight is 357 g/mol. The Morgan fingerprint density at radius 2 is 2.00 bits per heavy atom. The number of carbonyl (C=O) groups is 2. The highest BCUT2D eigenvalue weighted by atomic mass is 35.5. The molecule has 1 aromatic rings.